The number of nitrogens with one attached hydrogen (secondary N) is 1. The standard InChI is InChI=1S/C21H23BrN2O4/c1-14(2)23-21(27)24(3)17-8-10-18(11-9-17)28-20(26)13-12-19(25)15-4-6-16(22)7-5-15/h4-11,14H,12-13H2,1-3H3,(H,23,27). The van der Waals surface area contributed by atoms with Gasteiger partial charge in [0.05, 0.1) is 6.42 Å². The number of carbonyl (C=O) groups is 3. The highest BCUT2D eigenvalue weighted by atomic mass is 79.9. The molecule has 0 aliphatic heterocycles. The topological polar surface area (TPSA) is 75.7 Å². The minimum Gasteiger partial charge on any atom is -0.427 e. The zero-order valence-electron chi connectivity index (χ0n) is 16.1. The third-order valence-corrected chi connectivity index (χ3v) is 4.42. The summed E-state index contributed by atoms with van der Waals surface area (Å²) in [6.07, 6.45) is 0.0734. The fourth-order valence-electron chi connectivity index (χ4n) is 2.38. The highest BCUT2D eigenvalue weighted by Gasteiger charge is 2.13. The van der Waals surface area contributed by atoms with Crippen molar-refractivity contribution in [1.29, 1.82) is 0 Å². The number of rotatable bonds is 7. The van der Waals surface area contributed by atoms with Gasteiger partial charge in [-0.2, -0.15) is 0 Å². The quantitative estimate of drug-likeness (QED) is 0.383. The second-order valence-corrected chi connectivity index (χ2v) is 7.48. The highest BCUT2D eigenvalue weighted by Crippen LogP contribution is 2.19. The van der Waals surface area contributed by atoms with Crippen LogP contribution in [0.3, 0.4) is 0 Å². The minimum atomic E-state index is -0.482. The summed E-state index contributed by atoms with van der Waals surface area (Å²) in [5, 5.41) is 2.80. The lowest BCUT2D eigenvalue weighted by Gasteiger charge is -2.20. The van der Waals surface area contributed by atoms with Gasteiger partial charge in [0.2, 0.25) is 0 Å². The largest absolute Gasteiger partial charge is 0.427 e. The third-order valence-electron chi connectivity index (χ3n) is 3.89. The Morgan fingerprint density at radius 2 is 1.61 bits per heavy atom. The van der Waals surface area contributed by atoms with Gasteiger partial charge in [0.15, 0.2) is 5.78 Å². The number of amides is 2. The molecule has 0 unspecified atom stereocenters. The first-order valence-corrected chi connectivity index (χ1v) is 9.69. The molecule has 2 aromatic rings. The van der Waals surface area contributed by atoms with Crippen LogP contribution in [0.4, 0.5) is 10.5 Å². The lowest BCUT2D eigenvalue weighted by molar-refractivity contribution is -0.134. The molecule has 0 spiro atoms. The fraction of sp³-hybridized carbons (Fsp3) is 0.286. The summed E-state index contributed by atoms with van der Waals surface area (Å²) < 4.78 is 6.15. The Kier molecular flexibility index (Phi) is 7.75. The molecule has 0 heterocycles. The molecule has 0 aromatic heterocycles. The van der Waals surface area contributed by atoms with Crippen LogP contribution in [-0.4, -0.2) is 30.9 Å². The first-order valence-electron chi connectivity index (χ1n) is 8.90. The fourth-order valence-corrected chi connectivity index (χ4v) is 2.64. The first kappa shape index (κ1) is 21.6. The van der Waals surface area contributed by atoms with Crippen LogP contribution in [0.2, 0.25) is 0 Å². The molecule has 28 heavy (non-hydrogen) atoms. The molecule has 0 atom stereocenters. The average Bonchev–Trinajstić information content (AvgIpc) is 2.66. The maximum absolute atomic E-state index is 12.1. The number of esters is 1. The summed E-state index contributed by atoms with van der Waals surface area (Å²) in [5.41, 5.74) is 1.23. The Morgan fingerprint density at radius 3 is 2.18 bits per heavy atom. The van der Waals surface area contributed by atoms with Crippen molar-refractivity contribution in [2.24, 2.45) is 0 Å². The monoisotopic (exact) mass is 446 g/mol. The maximum Gasteiger partial charge on any atom is 0.321 e. The van der Waals surface area contributed by atoms with E-state index in [0.717, 1.165) is 4.47 Å². The molecule has 7 heteroatoms. The molecule has 0 fully saturated rings. The number of anilines is 1. The van der Waals surface area contributed by atoms with Gasteiger partial charge in [0.1, 0.15) is 5.75 Å². The molecule has 148 valence electrons. The zero-order chi connectivity index (χ0) is 20.7. The molecule has 0 aliphatic carbocycles. The molecule has 0 saturated carbocycles. The van der Waals surface area contributed by atoms with E-state index < -0.39 is 5.97 Å². The number of carbonyl (C=O) groups excluding carboxylic acids is 3. The van der Waals surface area contributed by atoms with E-state index in [0.29, 0.717) is 17.0 Å². The Morgan fingerprint density at radius 1 is 1.00 bits per heavy atom. The van der Waals surface area contributed by atoms with Gasteiger partial charge in [-0.05, 0) is 50.2 Å². The van der Waals surface area contributed by atoms with Gasteiger partial charge < -0.3 is 10.1 Å². The molecule has 0 bridgehead atoms. The summed E-state index contributed by atoms with van der Waals surface area (Å²) in [6, 6.07) is 13.4. The molecule has 0 aliphatic rings. The number of urea groups is 1. The molecule has 2 aromatic carbocycles. The highest BCUT2D eigenvalue weighted by molar-refractivity contribution is 9.10. The molecule has 0 saturated heterocycles. The van der Waals surface area contributed by atoms with E-state index >= 15 is 0 Å². The summed E-state index contributed by atoms with van der Waals surface area (Å²) >= 11 is 3.32. The van der Waals surface area contributed by atoms with Gasteiger partial charge in [-0.25, -0.2) is 4.79 Å². The van der Waals surface area contributed by atoms with Crippen LogP contribution in [0, 0.1) is 0 Å². The zero-order valence-corrected chi connectivity index (χ0v) is 17.7. The normalized spacial score (nSPS) is 10.5. The smallest absolute Gasteiger partial charge is 0.321 e. The van der Waals surface area contributed by atoms with Crippen molar-refractivity contribution in [3.8, 4) is 5.75 Å². The van der Waals surface area contributed by atoms with E-state index in [1.807, 2.05) is 13.8 Å². The van der Waals surface area contributed by atoms with Crippen LogP contribution >= 0.6 is 15.9 Å². The average molecular weight is 447 g/mol. The van der Waals surface area contributed by atoms with E-state index in [2.05, 4.69) is 21.2 Å². The van der Waals surface area contributed by atoms with Crippen LogP contribution < -0.4 is 15.0 Å². The predicted molar refractivity (Wildman–Crippen MR) is 112 cm³/mol. The van der Waals surface area contributed by atoms with Crippen molar-refractivity contribution >= 4 is 39.4 Å². The third kappa shape index (κ3) is 6.49. The Hall–Kier alpha value is -2.67. The van der Waals surface area contributed by atoms with Crippen molar-refractivity contribution in [3.05, 3.63) is 58.6 Å². The molecular weight excluding hydrogens is 424 g/mol. The summed E-state index contributed by atoms with van der Waals surface area (Å²) in [7, 11) is 1.66. The van der Waals surface area contributed by atoms with Crippen molar-refractivity contribution in [3.63, 3.8) is 0 Å². The number of hydrogen-bond acceptors (Lipinski definition) is 4. The SMILES string of the molecule is CC(C)NC(=O)N(C)c1ccc(OC(=O)CCC(=O)c2ccc(Br)cc2)cc1. The van der Waals surface area contributed by atoms with Gasteiger partial charge in [0, 0.05) is 35.2 Å². The van der Waals surface area contributed by atoms with Crippen LogP contribution in [0.5, 0.6) is 5.75 Å². The lowest BCUT2D eigenvalue weighted by atomic mass is 10.1. The lowest BCUT2D eigenvalue weighted by Crippen LogP contribution is -2.40. The molecule has 2 amide bonds. The Balaban J connectivity index is 1.86. The summed E-state index contributed by atoms with van der Waals surface area (Å²) in [6.45, 7) is 3.77. The molecular formula is C21H23BrN2O4. The van der Waals surface area contributed by atoms with E-state index in [9.17, 15) is 14.4 Å². The molecule has 6 nitrogen and oxygen atoms in total. The number of nitrogens with zero attached hydrogens (tertiary/aromatic N) is 1. The van der Waals surface area contributed by atoms with Crippen molar-refractivity contribution in [1.82, 2.24) is 5.32 Å². The van der Waals surface area contributed by atoms with Gasteiger partial charge in [-0.15, -0.1) is 0 Å². The number of Topliss-reactive ketones (excluding diaryl/α,β-unsaturated/α-hetero) is 1. The van der Waals surface area contributed by atoms with Crippen molar-refractivity contribution in [2.75, 3.05) is 11.9 Å². The van der Waals surface area contributed by atoms with Crippen LogP contribution in [0.25, 0.3) is 0 Å². The van der Waals surface area contributed by atoms with Crippen LogP contribution in [0.1, 0.15) is 37.0 Å². The van der Waals surface area contributed by atoms with Crippen molar-refractivity contribution < 1.29 is 19.1 Å². The second-order valence-electron chi connectivity index (χ2n) is 6.56. The van der Waals surface area contributed by atoms with Crippen LogP contribution in [-0.2, 0) is 4.79 Å². The molecule has 2 rings (SSSR count). The number of ether oxygens (including phenoxy) is 1. The van der Waals surface area contributed by atoms with E-state index in [1.165, 1.54) is 4.90 Å². The Bertz CT molecular complexity index is 832. The molecule has 0 radical (unpaired) electrons. The van der Waals surface area contributed by atoms with Gasteiger partial charge in [0.25, 0.3) is 0 Å². The maximum atomic E-state index is 12.1. The summed E-state index contributed by atoms with van der Waals surface area (Å²) in [4.78, 5) is 37.6. The number of ketones is 1. The molecule has 1 N–H and O–H groups in total. The minimum absolute atomic E-state index is 0.00660. The number of hydrogen-bond donors (Lipinski definition) is 1. The van der Waals surface area contributed by atoms with Crippen molar-refractivity contribution in [2.45, 2.75) is 32.7 Å². The Labute approximate surface area is 173 Å². The van der Waals surface area contributed by atoms with E-state index in [1.54, 1.807) is 55.6 Å². The summed E-state index contributed by atoms with van der Waals surface area (Å²) in [5.74, 6) is -0.232. The van der Waals surface area contributed by atoms with E-state index in [4.69, 9.17) is 4.74 Å². The van der Waals surface area contributed by atoms with Gasteiger partial charge in [-0.3, -0.25) is 14.5 Å². The number of benzene rings is 2. The second kappa shape index (κ2) is 10.0. The van der Waals surface area contributed by atoms with E-state index in [-0.39, 0.29) is 30.7 Å². The first-order chi connectivity index (χ1) is 13.3. The van der Waals surface area contributed by atoms with Gasteiger partial charge in [-0.1, -0.05) is 28.1 Å². The number of halogens is 1. The van der Waals surface area contributed by atoms with Gasteiger partial charge >= 0.3 is 12.0 Å². The predicted octanol–water partition coefficient (Wildman–Crippen LogP) is 4.57. The van der Waals surface area contributed by atoms with Crippen LogP contribution in [0.15, 0.2) is 53.0 Å².